The Kier molecular flexibility index (Phi) is 5.85. The van der Waals surface area contributed by atoms with Gasteiger partial charge in [-0.05, 0) is 31.0 Å². The van der Waals surface area contributed by atoms with Crippen LogP contribution < -0.4 is 15.4 Å². The normalized spacial score (nSPS) is 14.4. The van der Waals surface area contributed by atoms with Gasteiger partial charge in [0.25, 0.3) is 11.6 Å². The van der Waals surface area contributed by atoms with Crippen molar-refractivity contribution < 1.29 is 14.5 Å². The Morgan fingerprint density at radius 1 is 1.26 bits per heavy atom. The van der Waals surface area contributed by atoms with Crippen LogP contribution in [-0.2, 0) is 0 Å². The minimum absolute atomic E-state index is 0.140. The number of nitrogens with two attached hydrogens (primary N) is 1. The van der Waals surface area contributed by atoms with Crippen LogP contribution in [0.15, 0.2) is 47.8 Å². The van der Waals surface area contributed by atoms with Gasteiger partial charge in [0.2, 0.25) is 0 Å². The van der Waals surface area contributed by atoms with Gasteiger partial charge in [-0.3, -0.25) is 14.9 Å². The second-order valence-electron chi connectivity index (χ2n) is 7.36. The van der Waals surface area contributed by atoms with Crippen LogP contribution in [0.5, 0.6) is 5.75 Å². The van der Waals surface area contributed by atoms with Crippen molar-refractivity contribution in [3.05, 3.63) is 68.5 Å². The van der Waals surface area contributed by atoms with Crippen molar-refractivity contribution in [2.75, 3.05) is 25.1 Å². The summed E-state index contributed by atoms with van der Waals surface area (Å²) >= 11 is 1.65. The van der Waals surface area contributed by atoms with E-state index in [0.29, 0.717) is 24.7 Å². The number of carbonyl (C=O) groups excluding carboxylic acids is 1. The number of amides is 1. The third-order valence-corrected chi connectivity index (χ3v) is 6.55. The largest absolute Gasteiger partial charge is 0.496 e. The highest BCUT2D eigenvalue weighted by Gasteiger charge is 2.26. The molecule has 1 fully saturated rings. The van der Waals surface area contributed by atoms with Gasteiger partial charge >= 0.3 is 0 Å². The molecule has 8 nitrogen and oxygen atoms in total. The lowest BCUT2D eigenvalue weighted by Gasteiger charge is -2.33. The molecule has 0 aliphatic carbocycles. The lowest BCUT2D eigenvalue weighted by Crippen LogP contribution is -2.34. The van der Waals surface area contributed by atoms with Gasteiger partial charge in [-0.25, -0.2) is 4.98 Å². The molecule has 1 saturated heterocycles. The van der Waals surface area contributed by atoms with Crippen LogP contribution in [0.4, 0.5) is 11.4 Å². The number of carbonyl (C=O) groups is 1. The third-order valence-electron chi connectivity index (χ3n) is 5.55. The van der Waals surface area contributed by atoms with Gasteiger partial charge in [0, 0.05) is 42.1 Å². The van der Waals surface area contributed by atoms with Crippen LogP contribution in [0.3, 0.4) is 0 Å². The minimum atomic E-state index is -0.665. The van der Waals surface area contributed by atoms with Crippen LogP contribution in [0.25, 0.3) is 11.3 Å². The van der Waals surface area contributed by atoms with Crippen molar-refractivity contribution in [3.8, 4) is 17.0 Å². The Bertz CT molecular complexity index is 1120. The summed E-state index contributed by atoms with van der Waals surface area (Å²) < 4.78 is 5.45. The second kappa shape index (κ2) is 8.73. The molecule has 2 heterocycles. The first-order valence-electron chi connectivity index (χ1n) is 9.90. The minimum Gasteiger partial charge on any atom is -0.496 e. The number of primary amides is 1. The molecule has 1 aliphatic rings. The number of non-ortho nitro benzene ring substituents is 1. The van der Waals surface area contributed by atoms with E-state index in [1.54, 1.807) is 24.5 Å². The number of nitro benzene ring substituents is 1. The van der Waals surface area contributed by atoms with Crippen molar-refractivity contribution in [3.63, 3.8) is 0 Å². The molecule has 0 bridgehead atoms. The van der Waals surface area contributed by atoms with E-state index in [9.17, 15) is 14.9 Å². The predicted octanol–water partition coefficient (Wildman–Crippen LogP) is 4.21. The first-order valence-corrected chi connectivity index (χ1v) is 10.8. The maximum Gasteiger partial charge on any atom is 0.270 e. The molecular formula is C22H22N4O4S. The van der Waals surface area contributed by atoms with Gasteiger partial charge in [0.15, 0.2) is 0 Å². The van der Waals surface area contributed by atoms with Gasteiger partial charge in [-0.2, -0.15) is 0 Å². The van der Waals surface area contributed by atoms with Gasteiger partial charge in [-0.1, -0.05) is 12.1 Å². The van der Waals surface area contributed by atoms with E-state index in [2.05, 4.69) is 10.3 Å². The first-order chi connectivity index (χ1) is 15.0. The van der Waals surface area contributed by atoms with Crippen LogP contribution >= 0.6 is 11.3 Å². The number of piperidine rings is 1. The molecule has 9 heteroatoms. The Labute approximate surface area is 183 Å². The molecule has 4 rings (SSSR count). The molecule has 1 amide bonds. The molecule has 1 aliphatic heterocycles. The monoisotopic (exact) mass is 438 g/mol. The summed E-state index contributed by atoms with van der Waals surface area (Å²) in [6, 6.07) is 12.1. The quantitative estimate of drug-likeness (QED) is 0.456. The molecule has 2 N–H and O–H groups in total. The van der Waals surface area contributed by atoms with Crippen LogP contribution in [0.1, 0.15) is 34.1 Å². The van der Waals surface area contributed by atoms with Gasteiger partial charge in [0.1, 0.15) is 5.75 Å². The molecular weight excluding hydrogens is 416 g/mol. The maximum absolute atomic E-state index is 11.9. The van der Waals surface area contributed by atoms with Crippen molar-refractivity contribution >= 4 is 28.6 Å². The summed E-state index contributed by atoms with van der Waals surface area (Å²) in [5.41, 5.74) is 8.05. The Morgan fingerprint density at radius 3 is 2.68 bits per heavy atom. The van der Waals surface area contributed by atoms with E-state index in [1.807, 2.05) is 24.3 Å². The molecule has 2 aromatic carbocycles. The van der Waals surface area contributed by atoms with E-state index in [4.69, 9.17) is 15.5 Å². The van der Waals surface area contributed by atoms with Crippen LogP contribution in [-0.4, -0.2) is 36.0 Å². The van der Waals surface area contributed by atoms with Crippen molar-refractivity contribution in [1.82, 2.24) is 4.98 Å². The summed E-state index contributed by atoms with van der Waals surface area (Å²) in [5, 5.41) is 14.2. The number of benzene rings is 2. The van der Waals surface area contributed by atoms with E-state index >= 15 is 0 Å². The van der Waals surface area contributed by atoms with E-state index in [1.165, 1.54) is 12.1 Å². The van der Waals surface area contributed by atoms with Gasteiger partial charge in [-0.15, -0.1) is 11.3 Å². The molecule has 0 atom stereocenters. The number of methoxy groups -OCH3 is 1. The highest BCUT2D eigenvalue weighted by atomic mass is 32.1. The zero-order valence-corrected chi connectivity index (χ0v) is 17.8. The number of rotatable bonds is 6. The molecule has 3 aromatic rings. The number of nitrogens with zero attached hydrogens (tertiary/aromatic N) is 3. The average Bonchev–Trinajstić information content (AvgIpc) is 3.28. The Hall–Kier alpha value is -3.46. The molecule has 0 saturated carbocycles. The number of anilines is 1. The summed E-state index contributed by atoms with van der Waals surface area (Å²) in [7, 11) is 1.65. The maximum atomic E-state index is 11.9. The molecule has 1 aromatic heterocycles. The van der Waals surface area contributed by atoms with Crippen molar-refractivity contribution in [1.29, 1.82) is 0 Å². The molecule has 0 unspecified atom stereocenters. The Morgan fingerprint density at radius 2 is 2.00 bits per heavy atom. The first kappa shape index (κ1) is 20.8. The highest BCUT2D eigenvalue weighted by molar-refractivity contribution is 7.10. The molecule has 31 heavy (non-hydrogen) atoms. The zero-order chi connectivity index (χ0) is 22.0. The zero-order valence-electron chi connectivity index (χ0n) is 17.0. The van der Waals surface area contributed by atoms with E-state index < -0.39 is 10.8 Å². The smallest absolute Gasteiger partial charge is 0.270 e. The number of ether oxygens (including phenoxy) is 1. The van der Waals surface area contributed by atoms with E-state index in [0.717, 1.165) is 34.9 Å². The summed E-state index contributed by atoms with van der Waals surface area (Å²) in [4.78, 5) is 29.3. The number of hydrogen-bond acceptors (Lipinski definition) is 7. The van der Waals surface area contributed by atoms with E-state index in [-0.39, 0.29) is 11.3 Å². The molecule has 0 spiro atoms. The highest BCUT2D eigenvalue weighted by Crippen LogP contribution is 2.37. The van der Waals surface area contributed by atoms with Gasteiger partial charge < -0.3 is 15.4 Å². The lowest BCUT2D eigenvalue weighted by molar-refractivity contribution is -0.384. The fourth-order valence-electron chi connectivity index (χ4n) is 3.93. The summed E-state index contributed by atoms with van der Waals surface area (Å²) in [6.45, 7) is 1.43. The number of aromatic nitrogens is 1. The summed E-state index contributed by atoms with van der Waals surface area (Å²) in [5.74, 6) is 0.452. The Balaban J connectivity index is 1.49. The summed E-state index contributed by atoms with van der Waals surface area (Å²) in [6.07, 6.45) is 1.74. The van der Waals surface area contributed by atoms with Gasteiger partial charge in [0.05, 0.1) is 34.0 Å². The lowest BCUT2D eigenvalue weighted by atomic mass is 9.96. The number of nitro groups is 1. The third kappa shape index (κ3) is 4.22. The van der Waals surface area contributed by atoms with Crippen molar-refractivity contribution in [2.24, 2.45) is 5.73 Å². The fourth-order valence-corrected chi connectivity index (χ4v) is 4.92. The van der Waals surface area contributed by atoms with Crippen LogP contribution in [0, 0.1) is 10.1 Å². The molecule has 160 valence electrons. The topological polar surface area (TPSA) is 112 Å². The molecule has 0 radical (unpaired) electrons. The average molecular weight is 439 g/mol. The van der Waals surface area contributed by atoms with Crippen molar-refractivity contribution in [2.45, 2.75) is 18.8 Å². The standard InChI is InChI=1S/C22H22N4O4S/c1-30-20-5-3-2-4-16(20)18-13-31-22(24-18)14-8-10-25(11-9-14)19-7-6-15(26(28)29)12-17(19)21(23)27/h2-7,12-14H,8-11H2,1H3,(H2,23,27). The SMILES string of the molecule is COc1ccccc1-c1csc(C2CCN(c3ccc([N+](=O)[O-])cc3C(N)=O)CC2)n1. The number of hydrogen-bond donors (Lipinski definition) is 1. The number of thiazole rings is 1. The van der Waals surface area contributed by atoms with Crippen LogP contribution in [0.2, 0.25) is 0 Å². The number of para-hydroxylation sites is 1. The predicted molar refractivity (Wildman–Crippen MR) is 120 cm³/mol. The second-order valence-corrected chi connectivity index (χ2v) is 8.25. The fraction of sp³-hybridized carbons (Fsp3) is 0.273.